The maximum Gasteiger partial charge on any atom is 0.233 e. The van der Waals surface area contributed by atoms with Gasteiger partial charge in [-0.3, -0.25) is 4.79 Å². The molecule has 1 amide bonds. The van der Waals surface area contributed by atoms with Gasteiger partial charge in [0.1, 0.15) is 5.01 Å². The topological polar surface area (TPSA) is 68.0 Å². The molecule has 0 fully saturated rings. The minimum absolute atomic E-state index is 0.185. The van der Waals surface area contributed by atoms with Crippen molar-refractivity contribution in [2.75, 3.05) is 0 Å². The number of nitrogens with one attached hydrogen (secondary N) is 1. The Labute approximate surface area is 111 Å². The first kappa shape index (κ1) is 14.1. The highest BCUT2D eigenvalue weighted by atomic mass is 32.1. The summed E-state index contributed by atoms with van der Waals surface area (Å²) >= 11 is 6.40. The molecule has 6 heteroatoms. The van der Waals surface area contributed by atoms with Gasteiger partial charge in [0.15, 0.2) is 0 Å². The van der Waals surface area contributed by atoms with Crippen molar-refractivity contribution in [3.05, 3.63) is 16.6 Å². The summed E-state index contributed by atoms with van der Waals surface area (Å²) in [5.41, 5.74) is 4.19. The number of aromatic nitrogens is 1. The highest BCUT2D eigenvalue weighted by molar-refractivity contribution is 7.80. The zero-order chi connectivity index (χ0) is 13.3. The summed E-state index contributed by atoms with van der Waals surface area (Å²) in [6.45, 7) is 7.23. The number of carbonyl (C=O) groups excluding carboxylic acids is 1. The standard InChI is InChI=1S/C11H17N3OS2/c1-10(2,7(12)16)8(15)14-11(3,4)9-13-5-6-17-9/h5-6H,1-4H3,(H2,12,16)(H,14,15). The smallest absolute Gasteiger partial charge is 0.233 e. The van der Waals surface area contributed by atoms with Crippen molar-refractivity contribution >= 4 is 34.5 Å². The fraction of sp³-hybridized carbons (Fsp3) is 0.545. The monoisotopic (exact) mass is 271 g/mol. The number of rotatable bonds is 4. The van der Waals surface area contributed by atoms with Crippen molar-refractivity contribution in [3.8, 4) is 0 Å². The van der Waals surface area contributed by atoms with Crippen molar-refractivity contribution in [3.63, 3.8) is 0 Å². The van der Waals surface area contributed by atoms with Gasteiger partial charge in [-0.15, -0.1) is 11.3 Å². The summed E-state index contributed by atoms with van der Waals surface area (Å²) in [4.78, 5) is 16.5. The maximum atomic E-state index is 12.1. The molecule has 0 atom stereocenters. The molecule has 1 rings (SSSR count). The Morgan fingerprint density at radius 1 is 1.47 bits per heavy atom. The first-order valence-electron chi connectivity index (χ1n) is 5.20. The van der Waals surface area contributed by atoms with Crippen LogP contribution in [-0.2, 0) is 10.3 Å². The number of thiazole rings is 1. The minimum atomic E-state index is -0.857. The van der Waals surface area contributed by atoms with Crippen LogP contribution in [0.15, 0.2) is 11.6 Å². The number of hydrogen-bond acceptors (Lipinski definition) is 4. The van der Waals surface area contributed by atoms with E-state index in [2.05, 4.69) is 10.3 Å². The van der Waals surface area contributed by atoms with Crippen molar-refractivity contribution in [2.24, 2.45) is 11.1 Å². The second-order valence-electron chi connectivity index (χ2n) is 4.91. The number of hydrogen-bond donors (Lipinski definition) is 2. The molecule has 0 radical (unpaired) electrons. The highest BCUT2D eigenvalue weighted by Crippen LogP contribution is 2.25. The Morgan fingerprint density at radius 3 is 2.47 bits per heavy atom. The van der Waals surface area contributed by atoms with E-state index in [9.17, 15) is 4.79 Å². The van der Waals surface area contributed by atoms with Crippen LogP contribution in [0.3, 0.4) is 0 Å². The summed E-state index contributed by atoms with van der Waals surface area (Å²) in [7, 11) is 0. The quantitative estimate of drug-likeness (QED) is 0.820. The molecule has 0 aliphatic heterocycles. The van der Waals surface area contributed by atoms with Gasteiger partial charge in [0.25, 0.3) is 0 Å². The van der Waals surface area contributed by atoms with E-state index in [0.717, 1.165) is 5.01 Å². The molecule has 1 aromatic rings. The van der Waals surface area contributed by atoms with Gasteiger partial charge in [0, 0.05) is 11.6 Å². The van der Waals surface area contributed by atoms with Crippen LogP contribution in [-0.4, -0.2) is 15.9 Å². The van der Waals surface area contributed by atoms with Gasteiger partial charge in [-0.1, -0.05) is 12.2 Å². The zero-order valence-electron chi connectivity index (χ0n) is 10.4. The molecule has 1 heterocycles. The van der Waals surface area contributed by atoms with Crippen LogP contribution in [0.1, 0.15) is 32.7 Å². The molecule has 1 aromatic heterocycles. The third-order valence-electron chi connectivity index (χ3n) is 2.58. The van der Waals surface area contributed by atoms with E-state index in [0.29, 0.717) is 0 Å². The molecule has 0 unspecified atom stereocenters. The molecule has 0 spiro atoms. The molecule has 0 saturated heterocycles. The Morgan fingerprint density at radius 2 is 2.06 bits per heavy atom. The fourth-order valence-electron chi connectivity index (χ4n) is 1.14. The van der Waals surface area contributed by atoms with Crippen LogP contribution >= 0.6 is 23.6 Å². The predicted octanol–water partition coefficient (Wildman–Crippen LogP) is 1.81. The molecule has 0 bridgehead atoms. The first-order chi connectivity index (χ1) is 7.68. The molecule has 0 aliphatic rings. The van der Waals surface area contributed by atoms with Crippen LogP contribution in [0, 0.1) is 5.41 Å². The summed E-state index contributed by atoms with van der Waals surface area (Å²) < 4.78 is 0. The number of carbonyl (C=O) groups is 1. The van der Waals surface area contributed by atoms with E-state index in [-0.39, 0.29) is 10.9 Å². The normalized spacial score (nSPS) is 12.2. The average molecular weight is 271 g/mol. The van der Waals surface area contributed by atoms with Gasteiger partial charge in [-0.05, 0) is 27.7 Å². The Bertz CT molecular complexity index is 424. The average Bonchev–Trinajstić information content (AvgIpc) is 2.69. The van der Waals surface area contributed by atoms with Crippen LogP contribution in [0.25, 0.3) is 0 Å². The van der Waals surface area contributed by atoms with E-state index >= 15 is 0 Å². The number of thiocarbonyl (C=S) groups is 1. The molecule has 0 aromatic carbocycles. The lowest BCUT2D eigenvalue weighted by molar-refractivity contribution is -0.128. The molecule has 0 aliphatic carbocycles. The predicted molar refractivity (Wildman–Crippen MR) is 73.8 cm³/mol. The molecule has 4 nitrogen and oxygen atoms in total. The lowest BCUT2D eigenvalue weighted by Crippen LogP contribution is -2.51. The molecule has 3 N–H and O–H groups in total. The molecule has 0 saturated carbocycles. The van der Waals surface area contributed by atoms with Crippen LogP contribution < -0.4 is 11.1 Å². The van der Waals surface area contributed by atoms with Crippen LogP contribution in [0.2, 0.25) is 0 Å². The summed E-state index contributed by atoms with van der Waals surface area (Å²) in [5.74, 6) is -0.190. The molecular weight excluding hydrogens is 254 g/mol. The van der Waals surface area contributed by atoms with E-state index in [4.69, 9.17) is 18.0 Å². The van der Waals surface area contributed by atoms with Gasteiger partial charge < -0.3 is 11.1 Å². The lowest BCUT2D eigenvalue weighted by Gasteiger charge is -2.30. The number of nitrogens with zero attached hydrogens (tertiary/aromatic N) is 1. The van der Waals surface area contributed by atoms with Gasteiger partial charge in [0.2, 0.25) is 5.91 Å². The largest absolute Gasteiger partial charge is 0.392 e. The second-order valence-corrected chi connectivity index (χ2v) is 6.24. The van der Waals surface area contributed by atoms with Crippen molar-refractivity contribution in [1.29, 1.82) is 0 Å². The number of amides is 1. The molecular formula is C11H17N3OS2. The van der Waals surface area contributed by atoms with Gasteiger partial charge in [0.05, 0.1) is 15.9 Å². The van der Waals surface area contributed by atoms with Crippen molar-refractivity contribution in [1.82, 2.24) is 10.3 Å². The van der Waals surface area contributed by atoms with E-state index < -0.39 is 11.0 Å². The third kappa shape index (κ3) is 3.01. The van der Waals surface area contributed by atoms with E-state index in [1.807, 2.05) is 19.2 Å². The SMILES string of the molecule is CC(C)(C(=O)NC(C)(C)c1nccs1)C(N)=S. The number of nitrogens with two attached hydrogens (primary N) is 1. The summed E-state index contributed by atoms with van der Waals surface area (Å²) in [5, 5.41) is 5.65. The maximum absolute atomic E-state index is 12.1. The van der Waals surface area contributed by atoms with Crippen LogP contribution in [0.4, 0.5) is 0 Å². The van der Waals surface area contributed by atoms with Gasteiger partial charge in [-0.2, -0.15) is 0 Å². The van der Waals surface area contributed by atoms with Crippen molar-refractivity contribution < 1.29 is 4.79 Å². The molecule has 17 heavy (non-hydrogen) atoms. The van der Waals surface area contributed by atoms with Gasteiger partial charge in [-0.25, -0.2) is 4.98 Å². The zero-order valence-corrected chi connectivity index (χ0v) is 12.0. The highest BCUT2D eigenvalue weighted by Gasteiger charge is 2.35. The lowest BCUT2D eigenvalue weighted by atomic mass is 9.91. The Balaban J connectivity index is 2.86. The van der Waals surface area contributed by atoms with Crippen molar-refractivity contribution in [2.45, 2.75) is 33.2 Å². The van der Waals surface area contributed by atoms with E-state index in [1.54, 1.807) is 20.0 Å². The second kappa shape index (κ2) is 4.70. The fourth-order valence-corrected chi connectivity index (χ4v) is 1.95. The van der Waals surface area contributed by atoms with Crippen LogP contribution in [0.5, 0.6) is 0 Å². The summed E-state index contributed by atoms with van der Waals surface area (Å²) in [6, 6.07) is 0. The first-order valence-corrected chi connectivity index (χ1v) is 6.49. The Kier molecular flexibility index (Phi) is 3.88. The van der Waals surface area contributed by atoms with Gasteiger partial charge >= 0.3 is 0 Å². The third-order valence-corrected chi connectivity index (χ3v) is 4.18. The minimum Gasteiger partial charge on any atom is -0.392 e. The molecule has 94 valence electrons. The summed E-state index contributed by atoms with van der Waals surface area (Å²) in [6.07, 6.45) is 1.71. The Hall–Kier alpha value is -1.01. The van der Waals surface area contributed by atoms with E-state index in [1.165, 1.54) is 11.3 Å².